The molecule has 0 N–H and O–H groups in total. The molecule has 0 radical (unpaired) electrons. The predicted molar refractivity (Wildman–Crippen MR) is 118 cm³/mol. The smallest absolute Gasteiger partial charge is 0.269 e. The zero-order chi connectivity index (χ0) is 21.0. The first-order valence-electron chi connectivity index (χ1n) is 10.2. The fourth-order valence-corrected chi connectivity index (χ4v) is 4.67. The molecule has 3 rings (SSSR count). The predicted octanol–water partition coefficient (Wildman–Crippen LogP) is 5.28. The van der Waals surface area contributed by atoms with Crippen molar-refractivity contribution in [2.24, 2.45) is 5.92 Å². The second-order valence-corrected chi connectivity index (χ2v) is 9.01. The lowest BCUT2D eigenvalue weighted by Gasteiger charge is -2.27. The van der Waals surface area contributed by atoms with Crippen molar-refractivity contribution < 1.29 is 0 Å². The first kappa shape index (κ1) is 21.9. The third-order valence-electron chi connectivity index (χ3n) is 5.61. The molecule has 1 fully saturated rings. The third kappa shape index (κ3) is 5.42. The van der Waals surface area contributed by atoms with Crippen molar-refractivity contribution in [2.45, 2.75) is 58.7 Å². The van der Waals surface area contributed by atoms with E-state index in [0.29, 0.717) is 42.1 Å². The Hall–Kier alpha value is -1.80. The van der Waals surface area contributed by atoms with Crippen molar-refractivity contribution in [3.05, 3.63) is 67.6 Å². The summed E-state index contributed by atoms with van der Waals surface area (Å²) in [6, 6.07) is 11.7. The van der Waals surface area contributed by atoms with Crippen LogP contribution in [0, 0.1) is 17.2 Å². The molecule has 1 atom stereocenters. The summed E-state index contributed by atoms with van der Waals surface area (Å²) in [6.45, 7) is 6.69. The summed E-state index contributed by atoms with van der Waals surface area (Å²) in [6.07, 6.45) is 4.20. The van der Waals surface area contributed by atoms with Gasteiger partial charge in [-0.05, 0) is 61.9 Å². The van der Waals surface area contributed by atoms with Crippen LogP contribution in [-0.4, -0.2) is 22.1 Å². The van der Waals surface area contributed by atoms with Gasteiger partial charge in [-0.2, -0.15) is 5.26 Å². The fourth-order valence-electron chi connectivity index (χ4n) is 4.13. The van der Waals surface area contributed by atoms with Gasteiger partial charge in [0.2, 0.25) is 0 Å². The van der Waals surface area contributed by atoms with Crippen LogP contribution in [0.25, 0.3) is 0 Å². The Kier molecular flexibility index (Phi) is 7.40. The summed E-state index contributed by atoms with van der Waals surface area (Å²) >= 11 is 12.7. The molecule has 0 aliphatic carbocycles. The highest BCUT2D eigenvalue weighted by Gasteiger charge is 2.27. The molecule has 29 heavy (non-hydrogen) atoms. The van der Waals surface area contributed by atoms with E-state index in [9.17, 15) is 4.79 Å². The van der Waals surface area contributed by atoms with Crippen molar-refractivity contribution in [2.75, 3.05) is 6.54 Å². The highest BCUT2D eigenvalue weighted by Crippen LogP contribution is 2.28. The monoisotopic (exact) mass is 431 g/mol. The minimum atomic E-state index is -0.195. The number of pyridine rings is 1. The third-order valence-corrected chi connectivity index (χ3v) is 6.20. The zero-order valence-corrected chi connectivity index (χ0v) is 18.5. The Balaban J connectivity index is 1.84. The summed E-state index contributed by atoms with van der Waals surface area (Å²) in [5.41, 5.74) is 2.34. The SMILES string of the molecule is CC(C)C[C@H]1CCCN1Cc1c(Cl)cc(Cl)c(=O)n1CCc1ccc(C#N)cc1. The van der Waals surface area contributed by atoms with Crippen molar-refractivity contribution in [3.8, 4) is 6.07 Å². The van der Waals surface area contributed by atoms with Gasteiger partial charge in [-0.3, -0.25) is 9.69 Å². The van der Waals surface area contributed by atoms with Crippen molar-refractivity contribution >= 4 is 23.2 Å². The van der Waals surface area contributed by atoms with Gasteiger partial charge in [-0.1, -0.05) is 49.2 Å². The van der Waals surface area contributed by atoms with Gasteiger partial charge in [0.05, 0.1) is 22.3 Å². The van der Waals surface area contributed by atoms with E-state index in [1.54, 1.807) is 22.8 Å². The minimum Gasteiger partial charge on any atom is -0.308 e. The van der Waals surface area contributed by atoms with Gasteiger partial charge in [-0.15, -0.1) is 0 Å². The molecule has 1 saturated heterocycles. The largest absolute Gasteiger partial charge is 0.308 e. The molecule has 0 bridgehead atoms. The van der Waals surface area contributed by atoms with E-state index in [1.165, 1.54) is 12.8 Å². The van der Waals surface area contributed by atoms with Gasteiger partial charge in [0.1, 0.15) is 5.02 Å². The second-order valence-electron chi connectivity index (χ2n) is 8.20. The van der Waals surface area contributed by atoms with Gasteiger partial charge in [0, 0.05) is 19.1 Å². The van der Waals surface area contributed by atoms with E-state index in [-0.39, 0.29) is 10.6 Å². The average molecular weight is 432 g/mol. The summed E-state index contributed by atoms with van der Waals surface area (Å²) in [5, 5.41) is 9.65. The molecular weight excluding hydrogens is 405 g/mol. The topological polar surface area (TPSA) is 49.0 Å². The van der Waals surface area contributed by atoms with E-state index >= 15 is 0 Å². The quantitative estimate of drug-likeness (QED) is 0.598. The highest BCUT2D eigenvalue weighted by molar-refractivity contribution is 6.34. The number of benzene rings is 1. The second kappa shape index (κ2) is 9.80. The standard InChI is InChI=1S/C23H27Cl2N3O/c1-16(2)12-19-4-3-10-27(19)15-22-20(24)13-21(25)23(29)28(22)11-9-17-5-7-18(14-26)8-6-17/h5-8,13,16,19H,3-4,9-12,15H2,1-2H3/t19-/m1/s1. The maximum Gasteiger partial charge on any atom is 0.269 e. The summed E-state index contributed by atoms with van der Waals surface area (Å²) < 4.78 is 1.73. The lowest BCUT2D eigenvalue weighted by atomic mass is 10.0. The molecule has 0 saturated carbocycles. The van der Waals surface area contributed by atoms with E-state index in [2.05, 4.69) is 24.8 Å². The fraction of sp³-hybridized carbons (Fsp3) is 0.478. The molecule has 0 amide bonds. The van der Waals surface area contributed by atoms with Crippen LogP contribution in [0.15, 0.2) is 35.1 Å². The normalized spacial score (nSPS) is 17.0. The molecule has 2 aromatic rings. The molecule has 1 aromatic carbocycles. The Morgan fingerprint density at radius 2 is 1.93 bits per heavy atom. The lowest BCUT2D eigenvalue weighted by Crippen LogP contribution is -2.34. The first-order valence-corrected chi connectivity index (χ1v) is 11.0. The lowest BCUT2D eigenvalue weighted by molar-refractivity contribution is 0.212. The van der Waals surface area contributed by atoms with Crippen LogP contribution in [-0.2, 0) is 19.5 Å². The van der Waals surface area contributed by atoms with Crippen LogP contribution >= 0.6 is 23.2 Å². The average Bonchev–Trinajstić information content (AvgIpc) is 3.12. The van der Waals surface area contributed by atoms with E-state index in [0.717, 1.165) is 24.2 Å². The maximum absolute atomic E-state index is 12.8. The van der Waals surface area contributed by atoms with Crippen LogP contribution < -0.4 is 5.56 Å². The van der Waals surface area contributed by atoms with Crippen molar-refractivity contribution in [3.63, 3.8) is 0 Å². The number of nitriles is 1. The number of rotatable bonds is 7. The first-order chi connectivity index (χ1) is 13.9. The molecular formula is C23H27Cl2N3O. The number of likely N-dealkylation sites (tertiary alicyclic amines) is 1. The molecule has 4 nitrogen and oxygen atoms in total. The molecule has 0 unspecified atom stereocenters. The van der Waals surface area contributed by atoms with Gasteiger partial charge in [0.15, 0.2) is 0 Å². The van der Waals surface area contributed by atoms with Crippen LogP contribution in [0.1, 0.15) is 49.9 Å². The number of aromatic nitrogens is 1. The Labute approximate surface area is 182 Å². The Bertz CT molecular complexity index is 944. The molecule has 1 aromatic heterocycles. The van der Waals surface area contributed by atoms with Crippen LogP contribution in [0.5, 0.6) is 0 Å². The molecule has 1 aliphatic rings. The maximum atomic E-state index is 12.8. The molecule has 0 spiro atoms. The molecule has 2 heterocycles. The van der Waals surface area contributed by atoms with E-state index in [4.69, 9.17) is 28.5 Å². The van der Waals surface area contributed by atoms with Gasteiger partial charge in [0.25, 0.3) is 5.56 Å². The van der Waals surface area contributed by atoms with Crippen molar-refractivity contribution in [1.82, 2.24) is 9.47 Å². The minimum absolute atomic E-state index is 0.152. The zero-order valence-electron chi connectivity index (χ0n) is 17.0. The van der Waals surface area contributed by atoms with Crippen LogP contribution in [0.2, 0.25) is 10.0 Å². The number of hydrogen-bond acceptors (Lipinski definition) is 3. The van der Waals surface area contributed by atoms with Crippen LogP contribution in [0.3, 0.4) is 0 Å². The summed E-state index contributed by atoms with van der Waals surface area (Å²) in [7, 11) is 0. The Morgan fingerprint density at radius 3 is 2.59 bits per heavy atom. The van der Waals surface area contributed by atoms with Crippen LogP contribution in [0.4, 0.5) is 0 Å². The number of hydrogen-bond donors (Lipinski definition) is 0. The number of halogens is 2. The van der Waals surface area contributed by atoms with Gasteiger partial charge < -0.3 is 4.57 Å². The number of aryl methyl sites for hydroxylation is 1. The van der Waals surface area contributed by atoms with Gasteiger partial charge in [-0.25, -0.2) is 0 Å². The molecule has 1 aliphatic heterocycles. The van der Waals surface area contributed by atoms with E-state index < -0.39 is 0 Å². The summed E-state index contributed by atoms with van der Waals surface area (Å²) in [5.74, 6) is 0.639. The molecule has 154 valence electrons. The van der Waals surface area contributed by atoms with E-state index in [1.807, 2.05) is 12.1 Å². The van der Waals surface area contributed by atoms with Crippen molar-refractivity contribution in [1.29, 1.82) is 5.26 Å². The van der Waals surface area contributed by atoms with Gasteiger partial charge >= 0.3 is 0 Å². The number of nitrogens with zero attached hydrogens (tertiary/aromatic N) is 3. The summed E-state index contributed by atoms with van der Waals surface area (Å²) in [4.78, 5) is 15.3. The Morgan fingerprint density at radius 1 is 1.21 bits per heavy atom. The highest BCUT2D eigenvalue weighted by atomic mass is 35.5. The molecule has 6 heteroatoms.